The summed E-state index contributed by atoms with van der Waals surface area (Å²) in [4.78, 5) is 14.0. The molecule has 0 saturated heterocycles. The van der Waals surface area contributed by atoms with E-state index in [1.807, 2.05) is 48.5 Å². The highest BCUT2D eigenvalue weighted by Crippen LogP contribution is 2.19. The lowest BCUT2D eigenvalue weighted by atomic mass is 10.1. The zero-order valence-electron chi connectivity index (χ0n) is 11.0. The molecule has 3 rings (SSSR count). The van der Waals surface area contributed by atoms with Gasteiger partial charge in [-0.25, -0.2) is 0 Å². The van der Waals surface area contributed by atoms with Crippen molar-refractivity contribution >= 4 is 17.2 Å². The van der Waals surface area contributed by atoms with E-state index < -0.39 is 0 Å². The van der Waals surface area contributed by atoms with Crippen molar-refractivity contribution in [1.29, 1.82) is 0 Å². The van der Waals surface area contributed by atoms with Crippen LogP contribution in [-0.4, -0.2) is 11.3 Å². The zero-order chi connectivity index (χ0) is 13.8. The van der Waals surface area contributed by atoms with Gasteiger partial charge in [-0.05, 0) is 23.3 Å². The lowest BCUT2D eigenvalue weighted by molar-refractivity contribution is 0.107. The van der Waals surface area contributed by atoms with Crippen molar-refractivity contribution in [2.45, 2.75) is 13.2 Å². The summed E-state index contributed by atoms with van der Waals surface area (Å²) in [5.74, 6) is 0. The number of H-pyrrole nitrogens is 1. The van der Waals surface area contributed by atoms with Gasteiger partial charge in [0.1, 0.15) is 0 Å². The van der Waals surface area contributed by atoms with Crippen molar-refractivity contribution in [3.05, 3.63) is 71.4 Å². The number of aromatic nitrogens is 1. The molecule has 0 amide bonds. The van der Waals surface area contributed by atoms with Gasteiger partial charge in [0.05, 0.1) is 13.2 Å². The van der Waals surface area contributed by atoms with Gasteiger partial charge in [0.15, 0.2) is 6.29 Å². The summed E-state index contributed by atoms with van der Waals surface area (Å²) in [7, 11) is 0. The molecule has 3 nitrogen and oxygen atoms in total. The second kappa shape index (κ2) is 5.72. The minimum atomic E-state index is 0.536. The maximum Gasteiger partial charge on any atom is 0.152 e. The Bertz CT molecular complexity index is 716. The predicted octanol–water partition coefficient (Wildman–Crippen LogP) is 3.70. The van der Waals surface area contributed by atoms with Crippen LogP contribution in [0.15, 0.2) is 54.7 Å². The van der Waals surface area contributed by atoms with Crippen LogP contribution in [0.3, 0.4) is 0 Å². The summed E-state index contributed by atoms with van der Waals surface area (Å²) in [6.07, 6.45) is 2.60. The summed E-state index contributed by atoms with van der Waals surface area (Å²) >= 11 is 0. The standard InChI is InChI=1S/C17H15NO2/c19-10-15-9-18-17-7-6-14(8-16(15)17)12-20-11-13-4-2-1-3-5-13/h1-10,18H,11-12H2. The molecule has 0 bridgehead atoms. The van der Waals surface area contributed by atoms with Crippen LogP contribution in [0.25, 0.3) is 10.9 Å². The third-order valence-electron chi connectivity index (χ3n) is 3.29. The Morgan fingerprint density at radius 2 is 1.80 bits per heavy atom. The third-order valence-corrected chi connectivity index (χ3v) is 3.29. The van der Waals surface area contributed by atoms with Gasteiger partial charge in [-0.2, -0.15) is 0 Å². The van der Waals surface area contributed by atoms with Crippen LogP contribution in [0.5, 0.6) is 0 Å². The van der Waals surface area contributed by atoms with E-state index in [0.29, 0.717) is 18.8 Å². The molecule has 3 aromatic rings. The number of carbonyl (C=O) groups is 1. The first-order chi connectivity index (χ1) is 9.86. The lowest BCUT2D eigenvalue weighted by Crippen LogP contribution is -1.94. The Morgan fingerprint density at radius 3 is 2.60 bits per heavy atom. The molecule has 0 aliphatic heterocycles. The van der Waals surface area contributed by atoms with Crippen molar-refractivity contribution in [2.24, 2.45) is 0 Å². The summed E-state index contributed by atoms with van der Waals surface area (Å²) in [5.41, 5.74) is 3.88. The molecule has 3 heteroatoms. The quantitative estimate of drug-likeness (QED) is 0.715. The minimum Gasteiger partial charge on any atom is -0.372 e. The number of nitrogens with one attached hydrogen (secondary N) is 1. The molecule has 0 unspecified atom stereocenters. The fourth-order valence-corrected chi connectivity index (χ4v) is 2.24. The first-order valence-corrected chi connectivity index (χ1v) is 6.53. The molecule has 1 aromatic heterocycles. The van der Waals surface area contributed by atoms with Crippen LogP contribution in [-0.2, 0) is 18.0 Å². The highest BCUT2D eigenvalue weighted by molar-refractivity contribution is 5.97. The van der Waals surface area contributed by atoms with Crippen molar-refractivity contribution in [3.63, 3.8) is 0 Å². The van der Waals surface area contributed by atoms with Crippen LogP contribution >= 0.6 is 0 Å². The van der Waals surface area contributed by atoms with Gasteiger partial charge in [-0.3, -0.25) is 4.79 Å². The molecular formula is C17H15NO2. The summed E-state index contributed by atoms with van der Waals surface area (Å²) in [6.45, 7) is 1.13. The predicted molar refractivity (Wildman–Crippen MR) is 78.6 cm³/mol. The monoisotopic (exact) mass is 265 g/mol. The van der Waals surface area contributed by atoms with E-state index in [1.54, 1.807) is 6.20 Å². The van der Waals surface area contributed by atoms with Crippen LogP contribution in [0.4, 0.5) is 0 Å². The topological polar surface area (TPSA) is 42.1 Å². The van der Waals surface area contributed by atoms with Crippen molar-refractivity contribution in [2.75, 3.05) is 0 Å². The number of rotatable bonds is 5. The average Bonchev–Trinajstić information content (AvgIpc) is 2.91. The Morgan fingerprint density at radius 1 is 1.00 bits per heavy atom. The first-order valence-electron chi connectivity index (χ1n) is 6.53. The van der Waals surface area contributed by atoms with E-state index in [2.05, 4.69) is 4.98 Å². The number of hydrogen-bond acceptors (Lipinski definition) is 2. The second-order valence-corrected chi connectivity index (χ2v) is 4.72. The maximum atomic E-state index is 10.9. The van der Waals surface area contributed by atoms with E-state index in [1.165, 1.54) is 0 Å². The number of aldehydes is 1. The Kier molecular flexibility index (Phi) is 3.61. The molecule has 2 aromatic carbocycles. The number of carbonyl (C=O) groups excluding carboxylic acids is 1. The molecule has 100 valence electrons. The van der Waals surface area contributed by atoms with Gasteiger partial charge in [0.2, 0.25) is 0 Å². The molecule has 0 radical (unpaired) electrons. The molecule has 1 N–H and O–H groups in total. The maximum absolute atomic E-state index is 10.9. The Hall–Kier alpha value is -2.39. The number of ether oxygens (including phenoxy) is 1. The van der Waals surface area contributed by atoms with Crippen LogP contribution in [0.2, 0.25) is 0 Å². The van der Waals surface area contributed by atoms with Gasteiger partial charge >= 0.3 is 0 Å². The van der Waals surface area contributed by atoms with Crippen LogP contribution < -0.4 is 0 Å². The molecule has 0 aliphatic rings. The largest absolute Gasteiger partial charge is 0.372 e. The molecular weight excluding hydrogens is 250 g/mol. The number of fused-ring (bicyclic) bond motifs is 1. The van der Waals surface area contributed by atoms with E-state index in [0.717, 1.165) is 28.3 Å². The van der Waals surface area contributed by atoms with Gasteiger partial charge in [-0.1, -0.05) is 36.4 Å². The summed E-state index contributed by atoms with van der Waals surface area (Å²) < 4.78 is 5.71. The molecule has 0 atom stereocenters. The molecule has 0 fully saturated rings. The molecule has 0 aliphatic carbocycles. The van der Waals surface area contributed by atoms with E-state index in [9.17, 15) is 4.79 Å². The minimum absolute atomic E-state index is 0.536. The van der Waals surface area contributed by atoms with Gasteiger partial charge in [0, 0.05) is 22.7 Å². The molecule has 0 spiro atoms. The highest BCUT2D eigenvalue weighted by atomic mass is 16.5. The fourth-order valence-electron chi connectivity index (χ4n) is 2.24. The molecule has 0 saturated carbocycles. The summed E-state index contributed by atoms with van der Waals surface area (Å²) in [6, 6.07) is 16.1. The normalized spacial score (nSPS) is 10.8. The smallest absolute Gasteiger partial charge is 0.152 e. The molecule has 20 heavy (non-hydrogen) atoms. The Labute approximate surface area is 117 Å². The number of hydrogen-bond donors (Lipinski definition) is 1. The molecule has 1 heterocycles. The van der Waals surface area contributed by atoms with Crippen molar-refractivity contribution in [3.8, 4) is 0 Å². The number of aromatic amines is 1. The lowest BCUT2D eigenvalue weighted by Gasteiger charge is -2.05. The fraction of sp³-hybridized carbons (Fsp3) is 0.118. The summed E-state index contributed by atoms with van der Waals surface area (Å²) in [5, 5.41) is 0.945. The first kappa shape index (κ1) is 12.6. The van der Waals surface area contributed by atoms with E-state index >= 15 is 0 Å². The van der Waals surface area contributed by atoms with Crippen LogP contribution in [0.1, 0.15) is 21.5 Å². The van der Waals surface area contributed by atoms with E-state index in [4.69, 9.17) is 4.74 Å². The van der Waals surface area contributed by atoms with Gasteiger partial charge in [0.25, 0.3) is 0 Å². The third kappa shape index (κ3) is 2.63. The highest BCUT2D eigenvalue weighted by Gasteiger charge is 2.04. The average molecular weight is 265 g/mol. The Balaban J connectivity index is 1.70. The van der Waals surface area contributed by atoms with E-state index in [-0.39, 0.29) is 0 Å². The van der Waals surface area contributed by atoms with Crippen molar-refractivity contribution < 1.29 is 9.53 Å². The van der Waals surface area contributed by atoms with Gasteiger partial charge in [-0.15, -0.1) is 0 Å². The van der Waals surface area contributed by atoms with Crippen molar-refractivity contribution in [1.82, 2.24) is 4.98 Å². The number of benzene rings is 2. The SMILES string of the molecule is O=Cc1c[nH]c2ccc(COCc3ccccc3)cc12. The zero-order valence-corrected chi connectivity index (χ0v) is 11.0. The second-order valence-electron chi connectivity index (χ2n) is 4.72. The van der Waals surface area contributed by atoms with Gasteiger partial charge < -0.3 is 9.72 Å². The van der Waals surface area contributed by atoms with Crippen LogP contribution in [0, 0.1) is 0 Å².